The normalized spacial score (nSPS) is 11.4. The van der Waals surface area contributed by atoms with Crippen molar-refractivity contribution in [3.63, 3.8) is 0 Å². The van der Waals surface area contributed by atoms with E-state index in [2.05, 4.69) is 4.99 Å². The largest absolute Gasteiger partial charge is 0.387 e. The van der Waals surface area contributed by atoms with Gasteiger partial charge in [0.15, 0.2) is 0 Å². The predicted molar refractivity (Wildman–Crippen MR) is 53.1 cm³/mol. The fraction of sp³-hybridized carbons (Fsp3) is 0.111. The third-order valence-electron chi connectivity index (χ3n) is 1.38. The molecular formula is C9H9ClN2O. The molecule has 0 saturated carbocycles. The Labute approximate surface area is 81.2 Å². The van der Waals surface area contributed by atoms with Crippen molar-refractivity contribution in [3.05, 3.63) is 34.9 Å². The summed E-state index contributed by atoms with van der Waals surface area (Å²) in [6.07, 6.45) is 0. The lowest BCUT2D eigenvalue weighted by atomic mass is 10.2. The van der Waals surface area contributed by atoms with E-state index in [1.807, 2.05) is 0 Å². The van der Waals surface area contributed by atoms with E-state index in [1.54, 1.807) is 31.2 Å². The highest BCUT2D eigenvalue weighted by atomic mass is 35.5. The summed E-state index contributed by atoms with van der Waals surface area (Å²) in [4.78, 5) is 14.9. The van der Waals surface area contributed by atoms with E-state index in [0.717, 1.165) is 0 Å². The summed E-state index contributed by atoms with van der Waals surface area (Å²) < 4.78 is 0. The second-order valence-corrected chi connectivity index (χ2v) is 2.95. The molecule has 13 heavy (non-hydrogen) atoms. The van der Waals surface area contributed by atoms with Gasteiger partial charge in [0, 0.05) is 0 Å². The maximum Gasteiger partial charge on any atom is 0.280 e. The monoisotopic (exact) mass is 196 g/mol. The quantitative estimate of drug-likeness (QED) is 0.551. The molecule has 0 aliphatic rings. The predicted octanol–water partition coefficient (Wildman–Crippen LogP) is 1.86. The Balaban J connectivity index is 3.03. The summed E-state index contributed by atoms with van der Waals surface area (Å²) in [5, 5.41) is 0.387. The van der Waals surface area contributed by atoms with Gasteiger partial charge in [0.05, 0.1) is 10.6 Å². The Morgan fingerprint density at radius 2 is 2.08 bits per heavy atom. The minimum Gasteiger partial charge on any atom is -0.387 e. The van der Waals surface area contributed by atoms with E-state index in [1.165, 1.54) is 0 Å². The van der Waals surface area contributed by atoms with Crippen LogP contribution in [0.3, 0.4) is 0 Å². The van der Waals surface area contributed by atoms with Crippen LogP contribution in [0.15, 0.2) is 29.3 Å². The van der Waals surface area contributed by atoms with Gasteiger partial charge in [-0.2, -0.15) is 4.99 Å². The van der Waals surface area contributed by atoms with Gasteiger partial charge in [0.2, 0.25) is 0 Å². The van der Waals surface area contributed by atoms with Gasteiger partial charge in [-0.3, -0.25) is 4.79 Å². The number of nitrogens with zero attached hydrogens (tertiary/aromatic N) is 1. The topological polar surface area (TPSA) is 55.4 Å². The van der Waals surface area contributed by atoms with Gasteiger partial charge in [-0.05, 0) is 19.1 Å². The average Bonchev–Trinajstić information content (AvgIpc) is 2.03. The first-order valence-corrected chi connectivity index (χ1v) is 4.08. The lowest BCUT2D eigenvalue weighted by Gasteiger charge is -1.97. The molecule has 1 aromatic rings. The first kappa shape index (κ1) is 9.74. The van der Waals surface area contributed by atoms with Crippen LogP contribution in [-0.4, -0.2) is 11.7 Å². The highest BCUT2D eigenvalue weighted by Gasteiger charge is 2.07. The van der Waals surface area contributed by atoms with E-state index in [-0.39, 0.29) is 5.84 Å². The summed E-state index contributed by atoms with van der Waals surface area (Å²) in [5.74, 6) is -0.185. The molecular weight excluding hydrogens is 188 g/mol. The molecule has 0 spiro atoms. The molecule has 0 fully saturated rings. The number of nitrogens with two attached hydrogens (primary N) is 1. The molecule has 1 rings (SSSR count). The summed E-state index contributed by atoms with van der Waals surface area (Å²) >= 11 is 5.77. The third kappa shape index (κ3) is 2.56. The Bertz CT molecular complexity index is 356. The minimum absolute atomic E-state index is 0.227. The molecule has 0 atom stereocenters. The number of halogens is 1. The van der Waals surface area contributed by atoms with Crippen molar-refractivity contribution in [2.75, 3.05) is 0 Å². The van der Waals surface area contributed by atoms with Gasteiger partial charge >= 0.3 is 0 Å². The molecule has 0 aliphatic carbocycles. The lowest BCUT2D eigenvalue weighted by molar-refractivity contribution is 0.100. The Kier molecular flexibility index (Phi) is 3.03. The zero-order valence-corrected chi connectivity index (χ0v) is 7.88. The molecule has 0 aliphatic heterocycles. The van der Waals surface area contributed by atoms with Crippen LogP contribution >= 0.6 is 11.6 Å². The molecule has 0 bridgehead atoms. The number of rotatable bonds is 1. The van der Waals surface area contributed by atoms with Gasteiger partial charge in [0.1, 0.15) is 5.84 Å². The lowest BCUT2D eigenvalue weighted by Crippen LogP contribution is -2.09. The molecule has 0 aromatic heterocycles. The number of amides is 1. The molecule has 1 amide bonds. The second kappa shape index (κ2) is 4.05. The van der Waals surface area contributed by atoms with Crippen LogP contribution in [0.4, 0.5) is 0 Å². The van der Waals surface area contributed by atoms with Crippen LogP contribution in [-0.2, 0) is 0 Å². The van der Waals surface area contributed by atoms with Gasteiger partial charge < -0.3 is 5.73 Å². The summed E-state index contributed by atoms with van der Waals surface area (Å²) in [6.45, 7) is 1.55. The first-order chi connectivity index (χ1) is 6.11. The van der Waals surface area contributed by atoms with Crippen molar-refractivity contribution < 1.29 is 4.79 Å². The number of benzene rings is 1. The maximum atomic E-state index is 11.3. The first-order valence-electron chi connectivity index (χ1n) is 3.71. The zero-order valence-electron chi connectivity index (χ0n) is 7.12. The highest BCUT2D eigenvalue weighted by molar-refractivity contribution is 6.34. The SMILES string of the molecule is CC(N)=NC(=O)c1ccccc1Cl. The van der Waals surface area contributed by atoms with Gasteiger partial charge in [-0.25, -0.2) is 0 Å². The van der Waals surface area contributed by atoms with Crippen molar-refractivity contribution in [3.8, 4) is 0 Å². The molecule has 1 aromatic carbocycles. The number of carbonyl (C=O) groups is 1. The Morgan fingerprint density at radius 1 is 1.46 bits per heavy atom. The number of hydrogen-bond donors (Lipinski definition) is 1. The van der Waals surface area contributed by atoms with E-state index >= 15 is 0 Å². The third-order valence-corrected chi connectivity index (χ3v) is 1.71. The van der Waals surface area contributed by atoms with Crippen LogP contribution < -0.4 is 5.73 Å². The number of amidine groups is 1. The molecule has 0 heterocycles. The van der Waals surface area contributed by atoms with Crippen molar-refractivity contribution in [1.29, 1.82) is 0 Å². The van der Waals surface area contributed by atoms with Crippen LogP contribution in [0.1, 0.15) is 17.3 Å². The maximum absolute atomic E-state index is 11.3. The molecule has 3 nitrogen and oxygen atoms in total. The minimum atomic E-state index is -0.411. The van der Waals surface area contributed by atoms with Crippen molar-refractivity contribution in [1.82, 2.24) is 0 Å². The molecule has 0 radical (unpaired) electrons. The van der Waals surface area contributed by atoms with E-state index < -0.39 is 5.91 Å². The van der Waals surface area contributed by atoms with Gasteiger partial charge in [-0.1, -0.05) is 23.7 Å². The Morgan fingerprint density at radius 3 is 2.62 bits per heavy atom. The van der Waals surface area contributed by atoms with Crippen molar-refractivity contribution in [2.45, 2.75) is 6.92 Å². The number of carbonyl (C=O) groups excluding carboxylic acids is 1. The number of hydrogen-bond acceptors (Lipinski definition) is 1. The highest BCUT2D eigenvalue weighted by Crippen LogP contribution is 2.15. The zero-order chi connectivity index (χ0) is 9.84. The van der Waals surface area contributed by atoms with Crippen LogP contribution in [0.5, 0.6) is 0 Å². The fourth-order valence-electron chi connectivity index (χ4n) is 0.855. The van der Waals surface area contributed by atoms with E-state index in [9.17, 15) is 4.79 Å². The molecule has 68 valence electrons. The average molecular weight is 197 g/mol. The number of aliphatic imine (C=N–C) groups is 1. The molecule has 0 unspecified atom stereocenters. The summed E-state index contributed by atoms with van der Waals surface area (Å²) in [7, 11) is 0. The van der Waals surface area contributed by atoms with E-state index in [0.29, 0.717) is 10.6 Å². The smallest absolute Gasteiger partial charge is 0.280 e. The molecule has 0 saturated heterocycles. The van der Waals surface area contributed by atoms with Gasteiger partial charge in [0.25, 0.3) is 5.91 Å². The molecule has 2 N–H and O–H groups in total. The Hall–Kier alpha value is -1.35. The van der Waals surface area contributed by atoms with Crippen molar-refractivity contribution in [2.24, 2.45) is 10.7 Å². The summed E-state index contributed by atoms with van der Waals surface area (Å²) in [6, 6.07) is 6.71. The van der Waals surface area contributed by atoms with Crippen LogP contribution in [0.2, 0.25) is 5.02 Å². The molecule has 4 heteroatoms. The van der Waals surface area contributed by atoms with Gasteiger partial charge in [-0.15, -0.1) is 0 Å². The van der Waals surface area contributed by atoms with Crippen molar-refractivity contribution >= 4 is 23.3 Å². The summed E-state index contributed by atoms with van der Waals surface area (Å²) in [5.41, 5.74) is 5.64. The second-order valence-electron chi connectivity index (χ2n) is 2.54. The van der Waals surface area contributed by atoms with E-state index in [4.69, 9.17) is 17.3 Å². The van der Waals surface area contributed by atoms with Crippen LogP contribution in [0.25, 0.3) is 0 Å². The van der Waals surface area contributed by atoms with Crippen LogP contribution in [0, 0.1) is 0 Å². The standard InChI is InChI=1S/C9H9ClN2O/c1-6(11)12-9(13)7-4-2-3-5-8(7)10/h2-5H,1H3,(H2,11,12,13). The fourth-order valence-corrected chi connectivity index (χ4v) is 1.07.